The number of nitrogens with zero attached hydrogens (tertiary/aromatic N) is 2. The molecule has 8 nitrogen and oxygen atoms in total. The van der Waals surface area contributed by atoms with Gasteiger partial charge in [0.05, 0.1) is 6.54 Å². The van der Waals surface area contributed by atoms with Crippen LogP contribution in [0.25, 0.3) is 0 Å². The molecule has 0 aliphatic carbocycles. The quantitative estimate of drug-likeness (QED) is 0.821. The molecule has 2 rings (SSSR count). The van der Waals surface area contributed by atoms with Crippen molar-refractivity contribution >= 4 is 18.1 Å². The molecule has 1 aliphatic rings. The Hall–Kier alpha value is -2.77. The van der Waals surface area contributed by atoms with Crippen molar-refractivity contribution in [3.05, 3.63) is 30.3 Å². The van der Waals surface area contributed by atoms with E-state index in [0.717, 1.165) is 4.90 Å². The first-order valence-corrected chi connectivity index (χ1v) is 9.58. The first-order chi connectivity index (χ1) is 13.3. The normalized spacial score (nSPS) is 19.6. The van der Waals surface area contributed by atoms with E-state index < -0.39 is 41.4 Å². The summed E-state index contributed by atoms with van der Waals surface area (Å²) < 4.78 is 11.2. The largest absolute Gasteiger partial charge is 0.488 e. The number of imide groups is 1. The third kappa shape index (κ3) is 5.85. The second-order valence-electron chi connectivity index (χ2n) is 9.06. The zero-order valence-corrected chi connectivity index (χ0v) is 17.8. The summed E-state index contributed by atoms with van der Waals surface area (Å²) in [5, 5.41) is 9.64. The SMILES string of the molecule is CC(C)(C)OC(=O)N(C(=O)N1C[C@@H](Oc2ccccc2)C[C@H]1C(=O)O)C(C)(C)C. The van der Waals surface area contributed by atoms with Crippen molar-refractivity contribution in [3.63, 3.8) is 0 Å². The number of aliphatic carboxylic acids is 1. The number of carboxylic acid groups (broad SMARTS) is 1. The van der Waals surface area contributed by atoms with E-state index in [4.69, 9.17) is 9.47 Å². The average Bonchev–Trinajstić information content (AvgIpc) is 2.97. The Morgan fingerprint density at radius 2 is 1.66 bits per heavy atom. The van der Waals surface area contributed by atoms with Crippen molar-refractivity contribution in [2.24, 2.45) is 0 Å². The van der Waals surface area contributed by atoms with E-state index in [1.54, 1.807) is 53.7 Å². The third-order valence-corrected chi connectivity index (χ3v) is 4.28. The molecule has 1 aliphatic heterocycles. The van der Waals surface area contributed by atoms with E-state index in [1.807, 2.05) is 18.2 Å². The number of benzene rings is 1. The van der Waals surface area contributed by atoms with Gasteiger partial charge in [0, 0.05) is 12.0 Å². The highest BCUT2D eigenvalue weighted by atomic mass is 16.6. The van der Waals surface area contributed by atoms with Crippen LogP contribution in [-0.4, -0.2) is 62.8 Å². The van der Waals surface area contributed by atoms with Crippen LogP contribution in [0, 0.1) is 0 Å². The molecule has 2 atom stereocenters. The molecule has 29 heavy (non-hydrogen) atoms. The molecule has 0 spiro atoms. The predicted molar refractivity (Wildman–Crippen MR) is 107 cm³/mol. The topological polar surface area (TPSA) is 96.4 Å². The number of para-hydroxylation sites is 1. The molecule has 8 heteroatoms. The Labute approximate surface area is 171 Å². The van der Waals surface area contributed by atoms with Crippen LogP contribution in [0.1, 0.15) is 48.0 Å². The van der Waals surface area contributed by atoms with Crippen molar-refractivity contribution in [1.29, 1.82) is 0 Å². The predicted octanol–water partition coefficient (Wildman–Crippen LogP) is 3.75. The number of rotatable bonds is 3. The molecule has 1 N–H and O–H groups in total. The number of carbonyl (C=O) groups excluding carboxylic acids is 2. The van der Waals surface area contributed by atoms with Crippen LogP contribution >= 0.6 is 0 Å². The van der Waals surface area contributed by atoms with Crippen LogP contribution in [0.3, 0.4) is 0 Å². The van der Waals surface area contributed by atoms with Crippen LogP contribution in [0.4, 0.5) is 9.59 Å². The van der Waals surface area contributed by atoms with Gasteiger partial charge in [-0.3, -0.25) is 0 Å². The molecule has 0 saturated carbocycles. The molecule has 1 saturated heterocycles. The molecule has 0 bridgehead atoms. The van der Waals surface area contributed by atoms with Crippen LogP contribution in [0.15, 0.2) is 30.3 Å². The Morgan fingerprint density at radius 3 is 2.14 bits per heavy atom. The Morgan fingerprint density at radius 1 is 1.07 bits per heavy atom. The third-order valence-electron chi connectivity index (χ3n) is 4.28. The first kappa shape index (κ1) is 22.5. The Bertz CT molecular complexity index is 751. The van der Waals surface area contributed by atoms with E-state index in [0.29, 0.717) is 5.75 Å². The second kappa shape index (κ2) is 8.31. The Kier molecular flexibility index (Phi) is 6.45. The molecule has 0 unspecified atom stereocenters. The van der Waals surface area contributed by atoms with Crippen LogP contribution in [-0.2, 0) is 9.53 Å². The summed E-state index contributed by atoms with van der Waals surface area (Å²) in [6.45, 7) is 10.2. The first-order valence-electron chi connectivity index (χ1n) is 9.58. The van der Waals surface area contributed by atoms with Crippen molar-refractivity contribution in [3.8, 4) is 5.75 Å². The lowest BCUT2D eigenvalue weighted by molar-refractivity contribution is -0.141. The summed E-state index contributed by atoms with van der Waals surface area (Å²) in [6.07, 6.45) is -1.18. The van der Waals surface area contributed by atoms with Crippen molar-refractivity contribution in [2.75, 3.05) is 6.54 Å². The van der Waals surface area contributed by atoms with Gasteiger partial charge in [0.25, 0.3) is 0 Å². The fraction of sp³-hybridized carbons (Fsp3) is 0.571. The summed E-state index contributed by atoms with van der Waals surface area (Å²) in [4.78, 5) is 39.9. The van der Waals surface area contributed by atoms with Crippen molar-refractivity contribution in [1.82, 2.24) is 9.80 Å². The van der Waals surface area contributed by atoms with Crippen LogP contribution in [0.2, 0.25) is 0 Å². The maximum atomic E-state index is 13.3. The summed E-state index contributed by atoms with van der Waals surface area (Å²) in [5.74, 6) is -0.550. The van der Waals surface area contributed by atoms with Crippen molar-refractivity contribution < 1.29 is 29.0 Å². The fourth-order valence-electron chi connectivity index (χ4n) is 3.09. The monoisotopic (exact) mass is 406 g/mol. The number of hydrogen-bond donors (Lipinski definition) is 1. The minimum Gasteiger partial charge on any atom is -0.488 e. The molecule has 1 fully saturated rings. The molecule has 0 radical (unpaired) electrons. The lowest BCUT2D eigenvalue weighted by atomic mass is 10.1. The van der Waals surface area contributed by atoms with Crippen LogP contribution < -0.4 is 4.74 Å². The van der Waals surface area contributed by atoms with E-state index in [1.165, 1.54) is 4.90 Å². The highest BCUT2D eigenvalue weighted by Crippen LogP contribution is 2.28. The average molecular weight is 406 g/mol. The number of urea groups is 1. The Balaban J connectivity index is 2.25. The maximum absolute atomic E-state index is 13.3. The van der Waals surface area contributed by atoms with Gasteiger partial charge in [-0.05, 0) is 53.7 Å². The van der Waals surface area contributed by atoms with Gasteiger partial charge in [-0.25, -0.2) is 19.3 Å². The highest BCUT2D eigenvalue weighted by molar-refractivity contribution is 5.94. The van der Waals surface area contributed by atoms with Gasteiger partial charge in [0.2, 0.25) is 0 Å². The van der Waals surface area contributed by atoms with E-state index >= 15 is 0 Å². The fourth-order valence-corrected chi connectivity index (χ4v) is 3.09. The summed E-state index contributed by atoms with van der Waals surface area (Å²) in [5.41, 5.74) is -1.70. The van der Waals surface area contributed by atoms with Gasteiger partial charge < -0.3 is 19.5 Å². The molecular formula is C21H30N2O6. The second-order valence-corrected chi connectivity index (χ2v) is 9.06. The lowest BCUT2D eigenvalue weighted by Gasteiger charge is -2.38. The van der Waals surface area contributed by atoms with Crippen molar-refractivity contribution in [2.45, 2.75) is 71.2 Å². The summed E-state index contributed by atoms with van der Waals surface area (Å²) >= 11 is 0. The van der Waals surface area contributed by atoms with Crippen LogP contribution in [0.5, 0.6) is 5.75 Å². The molecule has 160 valence electrons. The minimum atomic E-state index is -1.14. The number of likely N-dealkylation sites (tertiary alicyclic amines) is 1. The number of carboxylic acids is 1. The molecule has 3 amide bonds. The van der Waals surface area contributed by atoms with E-state index in [9.17, 15) is 19.5 Å². The van der Waals surface area contributed by atoms with Gasteiger partial charge in [-0.15, -0.1) is 0 Å². The van der Waals surface area contributed by atoms with Gasteiger partial charge in [0.15, 0.2) is 0 Å². The number of ether oxygens (including phenoxy) is 2. The zero-order valence-electron chi connectivity index (χ0n) is 17.8. The minimum absolute atomic E-state index is 0.0556. The van der Waals surface area contributed by atoms with Gasteiger partial charge in [-0.2, -0.15) is 0 Å². The standard InChI is InChI=1S/C21H30N2O6/c1-20(2,3)23(19(27)29-21(4,5)6)18(26)22-13-15(12-16(22)17(24)25)28-14-10-8-7-9-11-14/h7-11,15-16H,12-13H2,1-6H3,(H,24,25)/t15-,16-/m0/s1. The maximum Gasteiger partial charge on any atom is 0.419 e. The molecule has 0 aromatic heterocycles. The molecule has 1 aromatic carbocycles. The molecular weight excluding hydrogens is 376 g/mol. The van der Waals surface area contributed by atoms with Gasteiger partial charge in [-0.1, -0.05) is 18.2 Å². The number of amides is 3. The highest BCUT2D eigenvalue weighted by Gasteiger charge is 2.46. The number of hydrogen-bond acceptors (Lipinski definition) is 5. The smallest absolute Gasteiger partial charge is 0.419 e. The summed E-state index contributed by atoms with van der Waals surface area (Å²) in [7, 11) is 0. The molecule has 1 aromatic rings. The van der Waals surface area contributed by atoms with Gasteiger partial charge in [0.1, 0.15) is 23.5 Å². The summed E-state index contributed by atoms with van der Waals surface area (Å²) in [6, 6.07) is 7.20. The zero-order chi connectivity index (χ0) is 22.0. The van der Waals surface area contributed by atoms with E-state index in [-0.39, 0.29) is 13.0 Å². The molecule has 1 heterocycles. The van der Waals surface area contributed by atoms with Gasteiger partial charge >= 0.3 is 18.1 Å². The van der Waals surface area contributed by atoms with E-state index in [2.05, 4.69) is 0 Å². The number of carbonyl (C=O) groups is 3. The lowest BCUT2D eigenvalue weighted by Crippen LogP contribution is -2.57.